The summed E-state index contributed by atoms with van der Waals surface area (Å²) in [5.41, 5.74) is 1.14. The highest BCUT2D eigenvalue weighted by molar-refractivity contribution is 8.00. The van der Waals surface area contributed by atoms with E-state index in [2.05, 4.69) is 5.32 Å². The van der Waals surface area contributed by atoms with Gasteiger partial charge in [0.2, 0.25) is 11.8 Å². The van der Waals surface area contributed by atoms with Crippen LogP contribution in [0.2, 0.25) is 0 Å². The first-order chi connectivity index (χ1) is 13.2. The zero-order valence-corrected chi connectivity index (χ0v) is 16.8. The van der Waals surface area contributed by atoms with Crippen molar-refractivity contribution in [3.63, 3.8) is 0 Å². The quantitative estimate of drug-likeness (QED) is 0.770. The summed E-state index contributed by atoms with van der Waals surface area (Å²) >= 11 is 1.34. The number of benzene rings is 2. The van der Waals surface area contributed by atoms with Gasteiger partial charge in [-0.05, 0) is 23.6 Å². The smallest absolute Gasteiger partial charge is 0.238 e. The molecule has 0 aliphatic carbocycles. The highest BCUT2D eigenvalue weighted by Crippen LogP contribution is 2.45. The van der Waals surface area contributed by atoms with Gasteiger partial charge in [0.15, 0.2) is 0 Å². The number of nitrogens with one attached hydrogen (secondary N) is 1. The predicted molar refractivity (Wildman–Crippen MR) is 108 cm³/mol. The van der Waals surface area contributed by atoms with Crippen molar-refractivity contribution in [1.29, 1.82) is 0 Å². The summed E-state index contributed by atoms with van der Waals surface area (Å²) in [7, 11) is 0. The molecule has 2 aromatic rings. The van der Waals surface area contributed by atoms with Gasteiger partial charge in [-0.25, -0.2) is 8.78 Å². The van der Waals surface area contributed by atoms with Crippen LogP contribution in [-0.4, -0.2) is 17.6 Å². The molecule has 1 aliphatic heterocycles. The molecule has 1 atom stereocenters. The second-order valence-corrected chi connectivity index (χ2v) is 8.96. The highest BCUT2D eigenvalue weighted by Gasteiger charge is 2.37. The van der Waals surface area contributed by atoms with Crippen molar-refractivity contribution in [3.8, 4) is 0 Å². The van der Waals surface area contributed by atoms with Gasteiger partial charge >= 0.3 is 0 Å². The number of amides is 2. The van der Waals surface area contributed by atoms with Gasteiger partial charge < -0.3 is 5.32 Å². The van der Waals surface area contributed by atoms with Crippen LogP contribution in [-0.2, 0) is 9.59 Å². The molecule has 0 saturated carbocycles. The lowest BCUT2D eigenvalue weighted by molar-refractivity contribution is -0.118. The van der Waals surface area contributed by atoms with Crippen molar-refractivity contribution in [2.24, 2.45) is 5.41 Å². The molecule has 0 aromatic heterocycles. The van der Waals surface area contributed by atoms with Crippen LogP contribution >= 0.6 is 11.8 Å². The first-order valence-corrected chi connectivity index (χ1v) is 9.98. The maximum Gasteiger partial charge on any atom is 0.238 e. The molecule has 148 valence electrons. The number of carbonyl (C=O) groups is 2. The minimum absolute atomic E-state index is 0.0252. The summed E-state index contributed by atoms with van der Waals surface area (Å²) in [6.45, 7) is 5.93. The van der Waals surface area contributed by atoms with Crippen molar-refractivity contribution in [1.82, 2.24) is 0 Å². The third-order valence-electron chi connectivity index (χ3n) is 4.23. The lowest BCUT2D eigenvalue weighted by atomic mass is 9.92. The zero-order chi connectivity index (χ0) is 20.5. The van der Waals surface area contributed by atoms with E-state index in [0.29, 0.717) is 17.7 Å². The zero-order valence-electron chi connectivity index (χ0n) is 16.0. The number of carbonyl (C=O) groups excluding carboxylic acids is 2. The Hall–Kier alpha value is -2.41. The average molecular weight is 404 g/mol. The number of hydrogen-bond donors (Lipinski definition) is 1. The SMILES string of the molecule is CC(C)(C)CC(=O)Nc1ccccc1C1SCC(=O)N1c1ccc(F)cc1F. The lowest BCUT2D eigenvalue weighted by Crippen LogP contribution is -2.29. The Bertz CT molecular complexity index is 912. The number of halogens is 2. The van der Waals surface area contributed by atoms with E-state index >= 15 is 0 Å². The van der Waals surface area contributed by atoms with Crippen LogP contribution in [0.15, 0.2) is 42.5 Å². The van der Waals surface area contributed by atoms with E-state index in [1.165, 1.54) is 22.7 Å². The molecule has 28 heavy (non-hydrogen) atoms. The van der Waals surface area contributed by atoms with E-state index in [1.807, 2.05) is 20.8 Å². The van der Waals surface area contributed by atoms with Crippen molar-refractivity contribution in [3.05, 3.63) is 59.7 Å². The maximum atomic E-state index is 14.3. The van der Waals surface area contributed by atoms with Gasteiger partial charge in [-0.3, -0.25) is 14.5 Å². The fourth-order valence-corrected chi connectivity index (χ4v) is 4.30. The highest BCUT2D eigenvalue weighted by atomic mass is 32.2. The number of nitrogens with zero attached hydrogens (tertiary/aromatic N) is 1. The average Bonchev–Trinajstić information content (AvgIpc) is 2.95. The Kier molecular flexibility index (Phi) is 5.74. The molecule has 1 heterocycles. The topological polar surface area (TPSA) is 49.4 Å². The van der Waals surface area contributed by atoms with Gasteiger partial charge in [0.1, 0.15) is 17.0 Å². The summed E-state index contributed by atoms with van der Waals surface area (Å²) in [4.78, 5) is 26.2. The first kappa shape index (κ1) is 20.3. The molecule has 1 unspecified atom stereocenters. The van der Waals surface area contributed by atoms with Crippen LogP contribution < -0.4 is 10.2 Å². The van der Waals surface area contributed by atoms with Gasteiger partial charge in [-0.1, -0.05) is 39.0 Å². The largest absolute Gasteiger partial charge is 0.326 e. The molecule has 2 amide bonds. The number of thioether (sulfide) groups is 1. The van der Waals surface area contributed by atoms with E-state index in [4.69, 9.17) is 0 Å². The molecule has 1 saturated heterocycles. The van der Waals surface area contributed by atoms with Crippen molar-refractivity contribution < 1.29 is 18.4 Å². The summed E-state index contributed by atoms with van der Waals surface area (Å²) in [5, 5.41) is 2.40. The van der Waals surface area contributed by atoms with Crippen molar-refractivity contribution in [2.75, 3.05) is 16.0 Å². The molecule has 0 spiro atoms. The minimum atomic E-state index is -0.796. The molecule has 1 fully saturated rings. The molecule has 4 nitrogen and oxygen atoms in total. The maximum absolute atomic E-state index is 14.3. The summed E-state index contributed by atoms with van der Waals surface area (Å²) in [6.07, 6.45) is 0.342. The van der Waals surface area contributed by atoms with E-state index in [-0.39, 0.29) is 28.7 Å². The molecule has 0 radical (unpaired) electrons. The van der Waals surface area contributed by atoms with E-state index in [0.717, 1.165) is 12.1 Å². The van der Waals surface area contributed by atoms with Crippen molar-refractivity contribution >= 4 is 35.0 Å². The number of anilines is 2. The number of hydrogen-bond acceptors (Lipinski definition) is 3. The number of para-hydroxylation sites is 1. The van der Waals surface area contributed by atoms with E-state index in [9.17, 15) is 18.4 Å². The molecule has 7 heteroatoms. The Morgan fingerprint density at radius 2 is 1.93 bits per heavy atom. The van der Waals surface area contributed by atoms with Crippen LogP contribution in [0.25, 0.3) is 0 Å². The molecule has 1 N–H and O–H groups in total. The summed E-state index contributed by atoms with van der Waals surface area (Å²) in [5.74, 6) is -1.72. The van der Waals surface area contributed by atoms with Gasteiger partial charge in [-0.15, -0.1) is 11.8 Å². The molecular weight excluding hydrogens is 382 g/mol. The standard InChI is InChI=1S/C21H22F2N2O2S/c1-21(2,3)11-18(26)24-16-7-5-4-6-14(16)20-25(19(27)12-28-20)17-9-8-13(22)10-15(17)23/h4-10,20H,11-12H2,1-3H3,(H,24,26). The van der Waals surface area contributed by atoms with Crippen molar-refractivity contribution in [2.45, 2.75) is 32.6 Å². The van der Waals surface area contributed by atoms with Gasteiger partial charge in [0.05, 0.1) is 11.4 Å². The second kappa shape index (κ2) is 7.91. The van der Waals surface area contributed by atoms with E-state index < -0.39 is 17.0 Å². The Morgan fingerprint density at radius 1 is 1.21 bits per heavy atom. The monoisotopic (exact) mass is 404 g/mol. The van der Waals surface area contributed by atoms with Gasteiger partial charge in [0.25, 0.3) is 0 Å². The third kappa shape index (κ3) is 4.52. The first-order valence-electron chi connectivity index (χ1n) is 8.93. The van der Waals surface area contributed by atoms with Crippen LogP contribution in [0.1, 0.15) is 38.1 Å². The molecule has 2 aromatic carbocycles. The Morgan fingerprint density at radius 3 is 2.61 bits per heavy atom. The number of rotatable bonds is 4. The van der Waals surface area contributed by atoms with Gasteiger partial charge in [0, 0.05) is 23.7 Å². The lowest BCUT2D eigenvalue weighted by Gasteiger charge is -2.27. The third-order valence-corrected chi connectivity index (χ3v) is 5.42. The summed E-state index contributed by atoms with van der Waals surface area (Å²) < 4.78 is 27.6. The summed E-state index contributed by atoms with van der Waals surface area (Å²) in [6, 6.07) is 10.3. The normalized spacial score (nSPS) is 17.1. The van der Waals surface area contributed by atoms with E-state index in [1.54, 1.807) is 24.3 Å². The molecule has 1 aliphatic rings. The Balaban J connectivity index is 1.94. The molecular formula is C21H22F2N2O2S. The molecule has 0 bridgehead atoms. The molecule has 3 rings (SSSR count). The van der Waals surface area contributed by atoms with Crippen LogP contribution in [0.3, 0.4) is 0 Å². The fourth-order valence-electron chi connectivity index (χ4n) is 3.09. The predicted octanol–water partition coefficient (Wildman–Crippen LogP) is 5.12. The Labute approximate surface area is 167 Å². The van der Waals surface area contributed by atoms with Crippen LogP contribution in [0, 0.1) is 17.0 Å². The van der Waals surface area contributed by atoms with Crippen LogP contribution in [0.5, 0.6) is 0 Å². The minimum Gasteiger partial charge on any atom is -0.326 e. The second-order valence-electron chi connectivity index (χ2n) is 7.90. The van der Waals surface area contributed by atoms with Crippen LogP contribution in [0.4, 0.5) is 20.2 Å². The fraction of sp³-hybridized carbons (Fsp3) is 0.333. The van der Waals surface area contributed by atoms with Gasteiger partial charge in [-0.2, -0.15) is 0 Å².